The summed E-state index contributed by atoms with van der Waals surface area (Å²) in [5.74, 6) is 1.38. The van der Waals surface area contributed by atoms with E-state index in [2.05, 4.69) is 43.8 Å². The number of rotatable bonds is 4. The largest absolute Gasteiger partial charge is 0.369 e. The highest BCUT2D eigenvalue weighted by atomic mass is 19.1. The Hall–Kier alpha value is -3.36. The first-order valence-electron chi connectivity index (χ1n) is 11.2. The van der Waals surface area contributed by atoms with E-state index in [1.54, 1.807) is 6.07 Å². The molecule has 1 aromatic carbocycles. The van der Waals surface area contributed by atoms with Crippen molar-refractivity contribution in [1.29, 1.82) is 0 Å². The summed E-state index contributed by atoms with van der Waals surface area (Å²) in [5, 5.41) is 5.00. The minimum absolute atomic E-state index is 0.0221. The van der Waals surface area contributed by atoms with Crippen LogP contribution in [0.4, 0.5) is 14.6 Å². The van der Waals surface area contributed by atoms with Crippen molar-refractivity contribution in [3.8, 4) is 11.1 Å². The molecule has 1 fully saturated rings. The van der Waals surface area contributed by atoms with Gasteiger partial charge in [-0.15, -0.1) is 0 Å². The predicted molar refractivity (Wildman–Crippen MR) is 123 cm³/mol. The number of pyridine rings is 1. The average molecular weight is 453 g/mol. The first kappa shape index (κ1) is 21.5. The molecule has 0 spiro atoms. The van der Waals surface area contributed by atoms with Gasteiger partial charge in [0.25, 0.3) is 0 Å². The van der Waals surface area contributed by atoms with Crippen molar-refractivity contribution in [2.45, 2.75) is 32.9 Å². The summed E-state index contributed by atoms with van der Waals surface area (Å²) in [6, 6.07) is 5.71. The molecular weight excluding hydrogens is 426 g/mol. The van der Waals surface area contributed by atoms with Crippen molar-refractivity contribution in [3.05, 3.63) is 48.6 Å². The second-order valence-electron chi connectivity index (χ2n) is 8.98. The van der Waals surface area contributed by atoms with E-state index in [0.29, 0.717) is 39.7 Å². The standard InChI is InChI=1S/C24H26F2N6O/c1-14(2)24-31(3)22(30-33-24)15-6-8-32(9-7-15)23-19-11-17(25)10-18(21(19)28-13-29-23)16-4-5-20(26)27-12-16/h4-5,10-15,24H,6-9H2,1-3H3. The van der Waals surface area contributed by atoms with Crippen LogP contribution < -0.4 is 4.90 Å². The van der Waals surface area contributed by atoms with Crippen LogP contribution in [0.5, 0.6) is 0 Å². The first-order chi connectivity index (χ1) is 15.9. The third-order valence-electron chi connectivity index (χ3n) is 6.45. The van der Waals surface area contributed by atoms with Gasteiger partial charge >= 0.3 is 0 Å². The number of aromatic nitrogens is 3. The van der Waals surface area contributed by atoms with Gasteiger partial charge in [-0.05, 0) is 37.1 Å². The van der Waals surface area contributed by atoms with E-state index in [1.807, 2.05) is 7.05 Å². The molecule has 1 atom stereocenters. The van der Waals surface area contributed by atoms with Crippen LogP contribution in [0.2, 0.25) is 0 Å². The number of piperidine rings is 1. The summed E-state index contributed by atoms with van der Waals surface area (Å²) in [5.41, 5.74) is 1.78. The molecule has 4 heterocycles. The molecular formula is C24H26F2N6O. The zero-order valence-corrected chi connectivity index (χ0v) is 18.9. The average Bonchev–Trinajstić information content (AvgIpc) is 3.20. The number of oxime groups is 1. The number of amidine groups is 1. The van der Waals surface area contributed by atoms with Crippen LogP contribution in [0.15, 0.2) is 41.9 Å². The molecule has 0 saturated carbocycles. The third kappa shape index (κ3) is 3.96. The van der Waals surface area contributed by atoms with Gasteiger partial charge in [-0.1, -0.05) is 19.0 Å². The van der Waals surface area contributed by atoms with E-state index in [-0.39, 0.29) is 6.23 Å². The zero-order valence-electron chi connectivity index (χ0n) is 18.9. The van der Waals surface area contributed by atoms with Crippen LogP contribution in [-0.2, 0) is 4.84 Å². The Labute approximate surface area is 191 Å². The van der Waals surface area contributed by atoms with Crippen molar-refractivity contribution in [1.82, 2.24) is 19.9 Å². The first-order valence-corrected chi connectivity index (χ1v) is 11.2. The number of halogens is 2. The third-order valence-corrected chi connectivity index (χ3v) is 6.45. The Morgan fingerprint density at radius 1 is 1.06 bits per heavy atom. The lowest BCUT2D eigenvalue weighted by Crippen LogP contribution is -2.43. The molecule has 5 rings (SSSR count). The molecule has 7 nitrogen and oxygen atoms in total. The maximum atomic E-state index is 14.6. The van der Waals surface area contributed by atoms with Crippen molar-refractivity contribution in [2.24, 2.45) is 17.0 Å². The molecule has 0 amide bonds. The lowest BCUT2D eigenvalue weighted by molar-refractivity contribution is -0.0131. The molecule has 0 N–H and O–H groups in total. The Bertz CT molecular complexity index is 1190. The lowest BCUT2D eigenvalue weighted by Gasteiger charge is -2.35. The summed E-state index contributed by atoms with van der Waals surface area (Å²) >= 11 is 0. The zero-order chi connectivity index (χ0) is 23.1. The molecule has 1 saturated heterocycles. The topological polar surface area (TPSA) is 66.7 Å². The van der Waals surface area contributed by atoms with E-state index in [1.165, 1.54) is 30.7 Å². The summed E-state index contributed by atoms with van der Waals surface area (Å²) in [6.07, 6.45) is 4.66. The fourth-order valence-electron chi connectivity index (χ4n) is 4.78. The summed E-state index contributed by atoms with van der Waals surface area (Å²) in [4.78, 5) is 22.6. The molecule has 0 aliphatic carbocycles. The molecule has 2 aliphatic heterocycles. The van der Waals surface area contributed by atoms with Crippen LogP contribution >= 0.6 is 0 Å². The van der Waals surface area contributed by atoms with E-state index in [0.717, 1.165) is 31.8 Å². The van der Waals surface area contributed by atoms with Crippen molar-refractivity contribution >= 4 is 22.6 Å². The van der Waals surface area contributed by atoms with Gasteiger partial charge in [0.05, 0.1) is 5.52 Å². The molecule has 33 heavy (non-hydrogen) atoms. The highest BCUT2D eigenvalue weighted by molar-refractivity contribution is 5.99. The van der Waals surface area contributed by atoms with E-state index < -0.39 is 11.8 Å². The number of hydrogen-bond acceptors (Lipinski definition) is 7. The van der Waals surface area contributed by atoms with Crippen LogP contribution in [0.25, 0.3) is 22.0 Å². The van der Waals surface area contributed by atoms with Gasteiger partial charge in [0, 0.05) is 54.7 Å². The molecule has 3 aromatic rings. The molecule has 0 radical (unpaired) electrons. The number of benzene rings is 1. The van der Waals surface area contributed by atoms with Gasteiger partial charge in [-0.25, -0.2) is 19.3 Å². The minimum Gasteiger partial charge on any atom is -0.369 e. The minimum atomic E-state index is -0.583. The predicted octanol–water partition coefficient (Wildman–Crippen LogP) is 4.44. The summed E-state index contributed by atoms with van der Waals surface area (Å²) in [7, 11) is 2.04. The van der Waals surface area contributed by atoms with Crippen LogP contribution in [0.3, 0.4) is 0 Å². The molecule has 2 aliphatic rings. The van der Waals surface area contributed by atoms with Gasteiger partial charge < -0.3 is 14.6 Å². The second kappa shape index (κ2) is 8.53. The van der Waals surface area contributed by atoms with E-state index in [4.69, 9.17) is 4.84 Å². The highest BCUT2D eigenvalue weighted by Gasteiger charge is 2.35. The number of hydrogen-bond donors (Lipinski definition) is 0. The Kier molecular flexibility index (Phi) is 5.55. The van der Waals surface area contributed by atoms with Crippen molar-refractivity contribution in [2.75, 3.05) is 25.0 Å². The van der Waals surface area contributed by atoms with Crippen LogP contribution in [-0.4, -0.2) is 52.1 Å². The number of fused-ring (bicyclic) bond motifs is 1. The Balaban J connectivity index is 1.41. The quantitative estimate of drug-likeness (QED) is 0.545. The van der Waals surface area contributed by atoms with Gasteiger partial charge in [0.15, 0.2) is 5.84 Å². The van der Waals surface area contributed by atoms with Crippen molar-refractivity contribution in [3.63, 3.8) is 0 Å². The van der Waals surface area contributed by atoms with E-state index >= 15 is 0 Å². The smallest absolute Gasteiger partial charge is 0.212 e. The maximum Gasteiger partial charge on any atom is 0.212 e. The molecule has 9 heteroatoms. The maximum absolute atomic E-state index is 14.6. The van der Waals surface area contributed by atoms with Gasteiger partial charge in [-0.3, -0.25) is 0 Å². The second-order valence-corrected chi connectivity index (χ2v) is 8.98. The van der Waals surface area contributed by atoms with Crippen LogP contribution in [0.1, 0.15) is 26.7 Å². The van der Waals surface area contributed by atoms with Gasteiger partial charge in [0.2, 0.25) is 12.2 Å². The number of anilines is 1. The molecule has 1 unspecified atom stereocenters. The summed E-state index contributed by atoms with van der Waals surface area (Å²) < 4.78 is 27.9. The van der Waals surface area contributed by atoms with Crippen molar-refractivity contribution < 1.29 is 13.6 Å². The fourth-order valence-corrected chi connectivity index (χ4v) is 4.78. The highest BCUT2D eigenvalue weighted by Crippen LogP contribution is 2.35. The van der Waals surface area contributed by atoms with Crippen LogP contribution in [0, 0.1) is 23.6 Å². The molecule has 2 aromatic heterocycles. The Morgan fingerprint density at radius 3 is 2.52 bits per heavy atom. The van der Waals surface area contributed by atoms with E-state index in [9.17, 15) is 8.78 Å². The molecule has 172 valence electrons. The molecule has 0 bridgehead atoms. The lowest BCUT2D eigenvalue weighted by atomic mass is 9.94. The fraction of sp³-hybridized carbons (Fsp3) is 0.417. The number of nitrogens with zero attached hydrogens (tertiary/aromatic N) is 6. The normalized spacial score (nSPS) is 19.3. The van der Waals surface area contributed by atoms with Gasteiger partial charge in [0.1, 0.15) is 18.0 Å². The monoisotopic (exact) mass is 452 g/mol. The van der Waals surface area contributed by atoms with Gasteiger partial charge in [-0.2, -0.15) is 4.39 Å². The summed E-state index contributed by atoms with van der Waals surface area (Å²) in [6.45, 7) is 5.77. The SMILES string of the molecule is CC(C)C1ON=C(C2CCN(c3ncnc4c(-c5ccc(F)nc5)cc(F)cc34)CC2)N1C. The Morgan fingerprint density at radius 2 is 1.85 bits per heavy atom.